The molecule has 0 saturated heterocycles. The number of rotatable bonds is 22. The Hall–Kier alpha value is -3.26. The molecule has 0 unspecified atom stereocenters. The molecular weight excluding hydrogens is 584 g/mol. The van der Waals surface area contributed by atoms with E-state index >= 15 is 0 Å². The molecule has 0 atom stereocenters. The summed E-state index contributed by atoms with van der Waals surface area (Å²) in [5, 5.41) is 20.7. The molecule has 256 valence electrons. The van der Waals surface area contributed by atoms with Crippen LogP contribution in [0.25, 0.3) is 0 Å². The van der Waals surface area contributed by atoms with Crippen molar-refractivity contribution in [2.75, 3.05) is 39.6 Å². The third-order valence-electron chi connectivity index (χ3n) is 5.65. The number of carbonyl (C=O) groups excluding carboxylic acids is 6. The zero-order chi connectivity index (χ0) is 34.0. The van der Waals surface area contributed by atoms with E-state index in [-0.39, 0.29) is 39.6 Å². The number of aliphatic hydroxyl groups is 2. The molecule has 0 aliphatic heterocycles. The molecule has 0 spiro atoms. The largest absolute Gasteiger partial charge is 0.466 e. The summed E-state index contributed by atoms with van der Waals surface area (Å²) in [6.45, 7) is 11.3. The Morgan fingerprint density at radius 1 is 0.432 bits per heavy atom. The lowest BCUT2D eigenvalue weighted by Gasteiger charge is -2.24. The van der Waals surface area contributed by atoms with Crippen LogP contribution >= 0.6 is 0 Å². The molecule has 14 heteroatoms. The number of ether oxygens (including phenoxy) is 6. The van der Waals surface area contributed by atoms with Gasteiger partial charge in [-0.3, -0.25) is 19.2 Å². The summed E-state index contributed by atoms with van der Waals surface area (Å²) >= 11 is 0. The summed E-state index contributed by atoms with van der Waals surface area (Å²) in [4.78, 5) is 70.3. The van der Waals surface area contributed by atoms with Gasteiger partial charge in [-0.1, -0.05) is 40.0 Å². The van der Waals surface area contributed by atoms with Gasteiger partial charge in [-0.25, -0.2) is 9.59 Å². The quantitative estimate of drug-likeness (QED) is 0.0998. The summed E-state index contributed by atoms with van der Waals surface area (Å²) in [7, 11) is 0. The van der Waals surface area contributed by atoms with E-state index in [9.17, 15) is 39.0 Å². The first kappa shape index (κ1) is 42.9. The van der Waals surface area contributed by atoms with Crippen molar-refractivity contribution in [1.82, 2.24) is 0 Å². The van der Waals surface area contributed by atoms with Gasteiger partial charge in [0.05, 0.1) is 65.3 Å². The number of hydrogen-bond donors (Lipinski definition) is 2. The summed E-state index contributed by atoms with van der Waals surface area (Å²) in [5.41, 5.74) is -4.52. The van der Waals surface area contributed by atoms with Gasteiger partial charge >= 0.3 is 35.8 Å². The smallest absolute Gasteiger partial charge is 0.339 e. The molecule has 0 heterocycles. The molecule has 44 heavy (non-hydrogen) atoms. The van der Waals surface area contributed by atoms with Crippen LogP contribution in [0, 0.1) is 0 Å². The van der Waals surface area contributed by atoms with Crippen LogP contribution in [-0.2, 0) is 57.2 Å². The van der Waals surface area contributed by atoms with Gasteiger partial charge in [0.15, 0.2) is 11.2 Å². The minimum absolute atomic E-state index is 0.0206. The van der Waals surface area contributed by atoms with Crippen LogP contribution in [0.2, 0.25) is 0 Å². The molecule has 0 aromatic heterocycles. The molecule has 0 aliphatic carbocycles. The first-order valence-corrected chi connectivity index (χ1v) is 15.2. The van der Waals surface area contributed by atoms with Crippen molar-refractivity contribution >= 4 is 35.8 Å². The zero-order valence-electron chi connectivity index (χ0n) is 27.1. The fourth-order valence-corrected chi connectivity index (χ4v) is 3.26. The Balaban J connectivity index is 0. The maximum absolute atomic E-state index is 12.2. The molecule has 0 saturated carbocycles. The van der Waals surface area contributed by atoms with Crippen molar-refractivity contribution in [1.29, 1.82) is 0 Å². The number of unbranched alkanes of at least 4 members (excludes halogenated alkanes) is 3. The van der Waals surface area contributed by atoms with Gasteiger partial charge in [-0.05, 0) is 40.0 Å². The highest BCUT2D eigenvalue weighted by Gasteiger charge is 2.44. The van der Waals surface area contributed by atoms with Crippen LogP contribution in [0.3, 0.4) is 0 Å². The van der Waals surface area contributed by atoms with E-state index in [1.165, 1.54) is 0 Å². The van der Waals surface area contributed by atoms with E-state index in [0.717, 1.165) is 19.3 Å². The van der Waals surface area contributed by atoms with Gasteiger partial charge in [-0.15, -0.1) is 0 Å². The standard InChI is InChI=1S/C18H32O7.C12H20O7/c1-4-7-10-23-15(19)13-18(22,17(21)25-12-9-6-3)14-16(20)24-11-8-5-2;1-4-17-9(13)7-12(16,11(15)19-6-3)8-10(14)18-5-2/h22H,4-14H2,1-3H3;16H,4-8H2,1-3H3. The number of carbonyl (C=O) groups is 6. The molecule has 0 amide bonds. The van der Waals surface area contributed by atoms with Crippen LogP contribution in [0.4, 0.5) is 0 Å². The van der Waals surface area contributed by atoms with Gasteiger partial charge in [0.2, 0.25) is 0 Å². The first-order valence-electron chi connectivity index (χ1n) is 15.2. The first-order chi connectivity index (χ1) is 20.8. The average molecular weight is 637 g/mol. The summed E-state index contributed by atoms with van der Waals surface area (Å²) in [6.07, 6.45) is 1.93. The van der Waals surface area contributed by atoms with E-state index in [4.69, 9.17) is 14.2 Å². The topological polar surface area (TPSA) is 198 Å². The highest BCUT2D eigenvalue weighted by atomic mass is 16.6. The fraction of sp³-hybridized carbons (Fsp3) is 0.800. The molecule has 0 bridgehead atoms. The molecule has 0 aliphatic rings. The highest BCUT2D eigenvalue weighted by molar-refractivity contribution is 5.90. The van der Waals surface area contributed by atoms with Crippen LogP contribution < -0.4 is 0 Å². The molecule has 0 aromatic carbocycles. The van der Waals surface area contributed by atoms with Crippen molar-refractivity contribution in [3.63, 3.8) is 0 Å². The average Bonchev–Trinajstić information content (AvgIpc) is 2.93. The van der Waals surface area contributed by atoms with E-state index in [2.05, 4.69) is 14.2 Å². The van der Waals surface area contributed by atoms with Crippen LogP contribution in [-0.4, -0.2) is 96.9 Å². The van der Waals surface area contributed by atoms with Crippen LogP contribution in [0.1, 0.15) is 106 Å². The Bertz CT molecular complexity index is 826. The summed E-state index contributed by atoms with van der Waals surface area (Å²) < 4.78 is 28.9. The fourth-order valence-electron chi connectivity index (χ4n) is 3.26. The minimum atomic E-state index is -2.26. The second-order valence-electron chi connectivity index (χ2n) is 9.74. The van der Waals surface area contributed by atoms with Gasteiger partial charge in [0.1, 0.15) is 0 Å². The highest BCUT2D eigenvalue weighted by Crippen LogP contribution is 2.21. The molecule has 14 nitrogen and oxygen atoms in total. The van der Waals surface area contributed by atoms with Crippen molar-refractivity contribution in [3.8, 4) is 0 Å². The van der Waals surface area contributed by atoms with Gasteiger partial charge in [0.25, 0.3) is 0 Å². The summed E-state index contributed by atoms with van der Waals surface area (Å²) in [5.74, 6) is -5.11. The maximum Gasteiger partial charge on any atom is 0.339 e. The van der Waals surface area contributed by atoms with Gasteiger partial charge < -0.3 is 38.6 Å². The van der Waals surface area contributed by atoms with E-state index in [1.54, 1.807) is 20.8 Å². The molecule has 0 fully saturated rings. The second-order valence-corrected chi connectivity index (χ2v) is 9.74. The third-order valence-corrected chi connectivity index (χ3v) is 5.65. The van der Waals surface area contributed by atoms with Crippen molar-refractivity contribution in [3.05, 3.63) is 0 Å². The number of esters is 6. The lowest BCUT2D eigenvalue weighted by atomic mass is 9.95. The monoisotopic (exact) mass is 636 g/mol. The molecule has 0 radical (unpaired) electrons. The van der Waals surface area contributed by atoms with E-state index in [0.29, 0.717) is 19.3 Å². The van der Waals surface area contributed by atoms with Crippen molar-refractivity contribution < 1.29 is 67.4 Å². The molecule has 2 N–H and O–H groups in total. The predicted octanol–water partition coefficient (Wildman–Crippen LogP) is 2.71. The maximum atomic E-state index is 12.2. The van der Waals surface area contributed by atoms with E-state index < -0.39 is 72.7 Å². The lowest BCUT2D eigenvalue weighted by Crippen LogP contribution is -2.45. The molecule has 0 rings (SSSR count). The predicted molar refractivity (Wildman–Crippen MR) is 156 cm³/mol. The Labute approximate surface area is 260 Å². The van der Waals surface area contributed by atoms with Crippen LogP contribution in [0.5, 0.6) is 0 Å². The van der Waals surface area contributed by atoms with Crippen LogP contribution in [0.15, 0.2) is 0 Å². The molecular formula is C30H52O14. The number of hydrogen-bond acceptors (Lipinski definition) is 14. The lowest BCUT2D eigenvalue weighted by molar-refractivity contribution is -0.178. The Kier molecular flexibility index (Phi) is 24.5. The molecule has 0 aromatic rings. The second kappa shape index (κ2) is 25.1. The van der Waals surface area contributed by atoms with Gasteiger partial charge in [0, 0.05) is 0 Å². The zero-order valence-corrected chi connectivity index (χ0v) is 27.1. The summed E-state index contributed by atoms with van der Waals surface area (Å²) in [6, 6.07) is 0. The van der Waals surface area contributed by atoms with Crippen molar-refractivity contribution in [2.45, 2.75) is 117 Å². The Morgan fingerprint density at radius 2 is 0.705 bits per heavy atom. The normalized spacial score (nSPS) is 10.9. The third kappa shape index (κ3) is 19.8. The SMILES string of the molecule is CCCCOC(=O)CC(O)(CC(=O)OCCCC)C(=O)OCCCC.CCOC(=O)CC(O)(CC(=O)OCC)C(=O)OCC. The van der Waals surface area contributed by atoms with Crippen molar-refractivity contribution in [2.24, 2.45) is 0 Å². The Morgan fingerprint density at radius 3 is 1.00 bits per heavy atom. The minimum Gasteiger partial charge on any atom is -0.466 e. The van der Waals surface area contributed by atoms with Gasteiger partial charge in [-0.2, -0.15) is 0 Å². The van der Waals surface area contributed by atoms with E-state index in [1.807, 2.05) is 20.8 Å².